The van der Waals surface area contributed by atoms with Crippen LogP contribution in [0, 0.1) is 0 Å². The number of hydrogen-bond donors (Lipinski definition) is 2. The van der Waals surface area contributed by atoms with Gasteiger partial charge in [0, 0.05) is 12.5 Å². The van der Waals surface area contributed by atoms with Gasteiger partial charge in [-0.2, -0.15) is 0 Å². The Morgan fingerprint density at radius 3 is 2.78 bits per heavy atom. The Bertz CT molecular complexity index is 406. The summed E-state index contributed by atoms with van der Waals surface area (Å²) in [5.41, 5.74) is 2.65. The maximum absolute atomic E-state index is 10.1. The number of rotatable bonds is 3. The molecule has 0 aromatic heterocycles. The lowest BCUT2D eigenvalue weighted by molar-refractivity contribution is 0.423. The van der Waals surface area contributed by atoms with E-state index >= 15 is 0 Å². The highest BCUT2D eigenvalue weighted by Crippen LogP contribution is 2.35. The van der Waals surface area contributed by atoms with Crippen molar-refractivity contribution in [2.24, 2.45) is 0 Å². The van der Waals surface area contributed by atoms with Crippen LogP contribution in [0.3, 0.4) is 0 Å². The van der Waals surface area contributed by atoms with Gasteiger partial charge in [0.1, 0.15) is 5.75 Å². The molecule has 1 atom stereocenters. The molecule has 2 N–H and O–H groups in total. The van der Waals surface area contributed by atoms with Crippen LogP contribution in [0.4, 0.5) is 0 Å². The van der Waals surface area contributed by atoms with Crippen molar-refractivity contribution in [2.75, 3.05) is 13.1 Å². The van der Waals surface area contributed by atoms with E-state index < -0.39 is 0 Å². The van der Waals surface area contributed by atoms with Crippen LogP contribution in [0.1, 0.15) is 57.1 Å². The van der Waals surface area contributed by atoms with E-state index in [1.54, 1.807) is 0 Å². The van der Waals surface area contributed by atoms with E-state index in [4.69, 9.17) is 0 Å². The molecule has 0 radical (unpaired) electrons. The first-order chi connectivity index (χ1) is 8.54. The Kier molecular flexibility index (Phi) is 3.96. The summed E-state index contributed by atoms with van der Waals surface area (Å²) in [6.07, 6.45) is 3.49. The molecule has 0 saturated carbocycles. The molecule has 18 heavy (non-hydrogen) atoms. The van der Waals surface area contributed by atoms with E-state index in [-0.39, 0.29) is 5.41 Å². The van der Waals surface area contributed by atoms with E-state index in [1.165, 1.54) is 18.4 Å². The highest BCUT2D eigenvalue weighted by Gasteiger charge is 2.23. The van der Waals surface area contributed by atoms with Gasteiger partial charge in [0.2, 0.25) is 0 Å². The number of piperidine rings is 1. The predicted molar refractivity (Wildman–Crippen MR) is 76.3 cm³/mol. The normalized spacial score (nSPS) is 20.9. The van der Waals surface area contributed by atoms with Crippen molar-refractivity contribution in [1.82, 2.24) is 5.32 Å². The third kappa shape index (κ3) is 2.69. The number of nitrogens with one attached hydrogen (secondary N) is 1. The van der Waals surface area contributed by atoms with Crippen LogP contribution >= 0.6 is 0 Å². The number of phenolic OH excluding ortho intramolecular Hbond substituents is 1. The standard InChI is InChI=1S/C16H25NO/c1-4-16(2,3)13-7-8-15(18)14(10-13)12-6-5-9-17-11-12/h7-8,10,12,17-18H,4-6,9,11H2,1-3H3. The molecule has 0 spiro atoms. The number of benzene rings is 1. The first kappa shape index (κ1) is 13.4. The molecule has 1 unspecified atom stereocenters. The van der Waals surface area contributed by atoms with Crippen LogP contribution in [0.5, 0.6) is 5.75 Å². The third-order valence-electron chi connectivity index (χ3n) is 4.43. The zero-order valence-corrected chi connectivity index (χ0v) is 11.8. The maximum Gasteiger partial charge on any atom is 0.119 e. The zero-order valence-electron chi connectivity index (χ0n) is 11.8. The summed E-state index contributed by atoms with van der Waals surface area (Å²) in [6.45, 7) is 8.85. The molecule has 2 rings (SSSR count). The highest BCUT2D eigenvalue weighted by molar-refractivity contribution is 5.41. The van der Waals surface area contributed by atoms with Crippen molar-refractivity contribution in [2.45, 2.75) is 51.4 Å². The lowest BCUT2D eigenvalue weighted by atomic mass is 9.79. The van der Waals surface area contributed by atoms with Gasteiger partial charge in [-0.05, 0) is 48.4 Å². The van der Waals surface area contributed by atoms with Gasteiger partial charge in [0.25, 0.3) is 0 Å². The summed E-state index contributed by atoms with van der Waals surface area (Å²) in [5, 5.41) is 13.5. The van der Waals surface area contributed by atoms with Crippen molar-refractivity contribution in [3.05, 3.63) is 29.3 Å². The van der Waals surface area contributed by atoms with Crippen LogP contribution in [0.15, 0.2) is 18.2 Å². The summed E-state index contributed by atoms with van der Waals surface area (Å²) in [5.74, 6) is 0.922. The molecular formula is C16H25NO. The van der Waals surface area contributed by atoms with E-state index in [9.17, 15) is 5.11 Å². The largest absolute Gasteiger partial charge is 0.508 e. The van der Waals surface area contributed by atoms with Crippen molar-refractivity contribution in [3.63, 3.8) is 0 Å². The Hall–Kier alpha value is -1.02. The topological polar surface area (TPSA) is 32.3 Å². The van der Waals surface area contributed by atoms with Crippen LogP contribution in [-0.2, 0) is 5.41 Å². The molecular weight excluding hydrogens is 222 g/mol. The first-order valence-corrected chi connectivity index (χ1v) is 7.08. The van der Waals surface area contributed by atoms with Crippen molar-refractivity contribution in [1.29, 1.82) is 0 Å². The van der Waals surface area contributed by atoms with Gasteiger partial charge in [0.15, 0.2) is 0 Å². The summed E-state index contributed by atoms with van der Waals surface area (Å²) in [7, 11) is 0. The molecule has 0 amide bonds. The molecule has 2 heteroatoms. The highest BCUT2D eigenvalue weighted by atomic mass is 16.3. The molecule has 0 aliphatic carbocycles. The Labute approximate surface area is 110 Å². The van der Waals surface area contributed by atoms with Gasteiger partial charge < -0.3 is 10.4 Å². The molecule has 0 bridgehead atoms. The number of hydrogen-bond acceptors (Lipinski definition) is 2. The van der Waals surface area contributed by atoms with Crippen LogP contribution < -0.4 is 5.32 Å². The maximum atomic E-state index is 10.1. The predicted octanol–water partition coefficient (Wildman–Crippen LogP) is 3.55. The van der Waals surface area contributed by atoms with Crippen LogP contribution in [-0.4, -0.2) is 18.2 Å². The second-order valence-electron chi connectivity index (χ2n) is 6.05. The lowest BCUT2D eigenvalue weighted by Gasteiger charge is -2.28. The van der Waals surface area contributed by atoms with Crippen LogP contribution in [0.2, 0.25) is 0 Å². The molecule has 1 aliphatic rings. The average molecular weight is 247 g/mol. The Balaban J connectivity index is 2.31. The number of phenols is 1. The Morgan fingerprint density at radius 2 is 2.17 bits per heavy atom. The molecule has 1 aliphatic heterocycles. The minimum Gasteiger partial charge on any atom is -0.508 e. The second-order valence-corrected chi connectivity index (χ2v) is 6.05. The van der Waals surface area contributed by atoms with Crippen molar-refractivity contribution in [3.8, 4) is 5.75 Å². The summed E-state index contributed by atoms with van der Waals surface area (Å²) >= 11 is 0. The van der Waals surface area contributed by atoms with Gasteiger partial charge in [-0.15, -0.1) is 0 Å². The molecule has 2 nitrogen and oxygen atoms in total. The van der Waals surface area contributed by atoms with Gasteiger partial charge in [-0.1, -0.05) is 32.9 Å². The molecule has 1 aromatic carbocycles. The minimum atomic E-state index is 0.185. The number of aromatic hydroxyl groups is 1. The zero-order chi connectivity index (χ0) is 13.2. The molecule has 1 saturated heterocycles. The fraction of sp³-hybridized carbons (Fsp3) is 0.625. The van der Waals surface area contributed by atoms with E-state index in [0.29, 0.717) is 11.7 Å². The van der Waals surface area contributed by atoms with E-state index in [1.807, 2.05) is 6.07 Å². The molecule has 1 aromatic rings. The fourth-order valence-corrected chi connectivity index (χ4v) is 2.62. The van der Waals surface area contributed by atoms with Gasteiger partial charge >= 0.3 is 0 Å². The average Bonchev–Trinajstić information content (AvgIpc) is 2.40. The Morgan fingerprint density at radius 1 is 1.39 bits per heavy atom. The molecule has 1 fully saturated rings. The van der Waals surface area contributed by atoms with Gasteiger partial charge in [-0.25, -0.2) is 0 Å². The SMILES string of the molecule is CCC(C)(C)c1ccc(O)c(C2CCCNC2)c1. The molecule has 100 valence electrons. The van der Waals surface area contributed by atoms with E-state index in [0.717, 1.165) is 25.1 Å². The third-order valence-corrected chi connectivity index (χ3v) is 4.43. The van der Waals surface area contributed by atoms with Crippen LogP contribution in [0.25, 0.3) is 0 Å². The summed E-state index contributed by atoms with van der Waals surface area (Å²) in [6, 6.07) is 6.16. The second kappa shape index (κ2) is 5.31. The molecule has 1 heterocycles. The van der Waals surface area contributed by atoms with Gasteiger partial charge in [-0.3, -0.25) is 0 Å². The monoisotopic (exact) mass is 247 g/mol. The fourth-order valence-electron chi connectivity index (χ4n) is 2.62. The smallest absolute Gasteiger partial charge is 0.119 e. The lowest BCUT2D eigenvalue weighted by Crippen LogP contribution is -2.28. The minimum absolute atomic E-state index is 0.185. The summed E-state index contributed by atoms with van der Waals surface area (Å²) < 4.78 is 0. The van der Waals surface area contributed by atoms with Crippen molar-refractivity contribution >= 4 is 0 Å². The van der Waals surface area contributed by atoms with E-state index in [2.05, 4.69) is 38.2 Å². The van der Waals surface area contributed by atoms with Crippen molar-refractivity contribution < 1.29 is 5.11 Å². The summed E-state index contributed by atoms with van der Waals surface area (Å²) in [4.78, 5) is 0. The quantitative estimate of drug-likeness (QED) is 0.856. The first-order valence-electron chi connectivity index (χ1n) is 7.08. The van der Waals surface area contributed by atoms with Gasteiger partial charge in [0.05, 0.1) is 0 Å².